The fraction of sp³-hybridized carbons (Fsp3) is 0.656. The average Bonchev–Trinajstić information content (AvgIpc) is 3.72. The number of hydroxylamine groups is 2. The molecule has 0 aromatic heterocycles. The van der Waals surface area contributed by atoms with Crippen LogP contribution in [0.3, 0.4) is 0 Å². The van der Waals surface area contributed by atoms with Crippen molar-refractivity contribution in [3.05, 3.63) is 58.8 Å². The molecule has 3 heterocycles. The van der Waals surface area contributed by atoms with Crippen LogP contribution in [0.25, 0.3) is 0 Å². The second-order valence-electron chi connectivity index (χ2n) is 12.4. The molecule has 0 saturated carbocycles. The van der Waals surface area contributed by atoms with Gasteiger partial charge in [-0.05, 0) is 56.2 Å². The molecule has 3 fully saturated rings. The predicted octanol–water partition coefficient (Wildman–Crippen LogP) is 2.26. The molecule has 9 atom stereocenters. The standard InChI is InChI=1S/C32H49N3O7/c1-21(5-11-28-23(3)15-22(2)24(4)41-28)6-12-29-31(37)32(19-40-32)17-27(42-29)16-30(36)34-13-14-35(38)20-39-18-25-7-9-26(33)10-8-25/h5-10,12,22-24,27-29,31,35,37H,11,13-20,33H2,1-4H3,(H,34,36)/b12-6+,21-5+/t22-,23+,24-,27-,28+,29-,31-,32-/m1/s1. The maximum atomic E-state index is 12.6. The van der Waals surface area contributed by atoms with Crippen molar-refractivity contribution in [2.24, 2.45) is 11.8 Å². The molecular weight excluding hydrogens is 538 g/mol. The first kappa shape index (κ1) is 32.6. The highest BCUT2D eigenvalue weighted by molar-refractivity contribution is 5.76. The monoisotopic (exact) mass is 587 g/mol. The highest BCUT2D eigenvalue weighted by atomic mass is 16.6. The molecule has 1 aromatic carbocycles. The van der Waals surface area contributed by atoms with E-state index >= 15 is 0 Å². The van der Waals surface area contributed by atoms with Gasteiger partial charge in [0.2, 0.25) is 5.91 Å². The molecular formula is C32H49N3O7. The van der Waals surface area contributed by atoms with E-state index in [0.717, 1.165) is 17.6 Å². The summed E-state index contributed by atoms with van der Waals surface area (Å²) < 4.78 is 23.5. The summed E-state index contributed by atoms with van der Waals surface area (Å²) in [5.41, 5.74) is 7.70. The van der Waals surface area contributed by atoms with E-state index in [1.165, 1.54) is 6.42 Å². The molecule has 1 aromatic rings. The van der Waals surface area contributed by atoms with E-state index in [1.54, 1.807) is 12.1 Å². The van der Waals surface area contributed by atoms with Gasteiger partial charge in [-0.2, -0.15) is 0 Å². The number of allylic oxidation sites excluding steroid dienone is 2. The molecule has 1 unspecified atom stereocenters. The summed E-state index contributed by atoms with van der Waals surface area (Å²) in [4.78, 5) is 12.6. The van der Waals surface area contributed by atoms with Gasteiger partial charge in [-0.25, -0.2) is 0 Å². The van der Waals surface area contributed by atoms with Crippen molar-refractivity contribution in [3.8, 4) is 0 Å². The van der Waals surface area contributed by atoms with Gasteiger partial charge in [-0.1, -0.05) is 49.8 Å². The first-order valence-electron chi connectivity index (χ1n) is 15.2. The van der Waals surface area contributed by atoms with Crippen LogP contribution >= 0.6 is 0 Å². The highest BCUT2D eigenvalue weighted by Crippen LogP contribution is 2.43. The number of aliphatic hydroxyl groups is 1. The van der Waals surface area contributed by atoms with Crippen molar-refractivity contribution < 1.29 is 33.9 Å². The topological polar surface area (TPSA) is 143 Å². The number of carbonyl (C=O) groups excluding carboxylic acids is 1. The second-order valence-corrected chi connectivity index (χ2v) is 12.4. The number of amides is 1. The molecule has 0 radical (unpaired) electrons. The SMILES string of the molecule is CC(/C=C/[C@H]1O[C@H](CC(=O)NCC[NH+]([O-])COCc2ccc(N)cc2)C[C@@]2(CO2)[C@@H]1O)=C\C[C@@H]1O[C@H](C)[C@H](C)C[C@@H]1C. The lowest BCUT2D eigenvalue weighted by atomic mass is 9.85. The Balaban J connectivity index is 1.18. The number of anilines is 1. The first-order chi connectivity index (χ1) is 20.0. The van der Waals surface area contributed by atoms with Gasteiger partial charge in [0.05, 0.1) is 51.0 Å². The number of benzene rings is 1. The molecule has 10 nitrogen and oxygen atoms in total. The Hall–Kier alpha value is -2.31. The molecule has 0 aliphatic carbocycles. The Kier molecular flexibility index (Phi) is 11.6. The van der Waals surface area contributed by atoms with Crippen molar-refractivity contribution in [1.29, 1.82) is 0 Å². The normalized spacial score (nSPS) is 34.0. The predicted molar refractivity (Wildman–Crippen MR) is 160 cm³/mol. The number of hydrogen-bond acceptors (Lipinski definition) is 8. The molecule has 0 bridgehead atoms. The Morgan fingerprint density at radius 2 is 1.98 bits per heavy atom. The summed E-state index contributed by atoms with van der Waals surface area (Å²) >= 11 is 0. The van der Waals surface area contributed by atoms with Crippen LogP contribution in [-0.2, 0) is 30.3 Å². The fourth-order valence-corrected chi connectivity index (χ4v) is 5.77. The van der Waals surface area contributed by atoms with Crippen molar-refractivity contribution in [1.82, 2.24) is 5.32 Å². The van der Waals surface area contributed by atoms with E-state index in [4.69, 9.17) is 24.7 Å². The number of carbonyl (C=O) groups is 1. The number of hydrogen-bond donors (Lipinski definition) is 4. The Morgan fingerprint density at radius 1 is 1.24 bits per heavy atom. The zero-order chi connectivity index (χ0) is 30.3. The lowest BCUT2D eigenvalue weighted by Gasteiger charge is -2.37. The molecule has 3 aliphatic rings. The Labute approximate surface area is 249 Å². The molecule has 5 N–H and O–H groups in total. The zero-order valence-electron chi connectivity index (χ0n) is 25.4. The van der Waals surface area contributed by atoms with Crippen LogP contribution < -0.4 is 16.1 Å². The van der Waals surface area contributed by atoms with Gasteiger partial charge in [0.1, 0.15) is 17.8 Å². The third-order valence-corrected chi connectivity index (χ3v) is 8.73. The summed E-state index contributed by atoms with van der Waals surface area (Å²) in [5.74, 6) is 0.886. The van der Waals surface area contributed by atoms with E-state index in [-0.39, 0.29) is 49.4 Å². The summed E-state index contributed by atoms with van der Waals surface area (Å²) in [5, 5.41) is 25.8. The molecule has 3 saturated heterocycles. The highest BCUT2D eigenvalue weighted by Gasteiger charge is 2.58. The van der Waals surface area contributed by atoms with Crippen molar-refractivity contribution in [3.63, 3.8) is 0 Å². The molecule has 42 heavy (non-hydrogen) atoms. The van der Waals surface area contributed by atoms with E-state index in [1.807, 2.05) is 31.2 Å². The number of nitrogens with one attached hydrogen (secondary N) is 2. The maximum absolute atomic E-state index is 12.6. The van der Waals surface area contributed by atoms with E-state index < -0.39 is 23.9 Å². The largest absolute Gasteiger partial charge is 0.633 e. The van der Waals surface area contributed by atoms with Crippen molar-refractivity contribution >= 4 is 11.6 Å². The van der Waals surface area contributed by atoms with Gasteiger partial charge in [-0.3, -0.25) is 4.79 Å². The summed E-state index contributed by atoms with van der Waals surface area (Å²) in [6.45, 7) is 9.85. The molecule has 1 amide bonds. The smallest absolute Gasteiger partial charge is 0.222 e. The lowest BCUT2D eigenvalue weighted by molar-refractivity contribution is -0.869. The van der Waals surface area contributed by atoms with E-state index in [0.29, 0.717) is 37.2 Å². The minimum Gasteiger partial charge on any atom is -0.633 e. The number of epoxide rings is 1. The van der Waals surface area contributed by atoms with Gasteiger partial charge < -0.3 is 45.4 Å². The van der Waals surface area contributed by atoms with Crippen LogP contribution in [0, 0.1) is 17.0 Å². The third-order valence-electron chi connectivity index (χ3n) is 8.73. The van der Waals surface area contributed by atoms with E-state index in [9.17, 15) is 15.1 Å². The molecule has 10 heteroatoms. The summed E-state index contributed by atoms with van der Waals surface area (Å²) in [6.07, 6.45) is 7.31. The van der Waals surface area contributed by atoms with Crippen LogP contribution in [0.4, 0.5) is 5.69 Å². The lowest BCUT2D eigenvalue weighted by Crippen LogP contribution is -3.08. The Morgan fingerprint density at radius 3 is 2.69 bits per heavy atom. The first-order valence-corrected chi connectivity index (χ1v) is 15.2. The number of aliphatic hydroxyl groups excluding tert-OH is 1. The Bertz CT molecular complexity index is 1070. The average molecular weight is 588 g/mol. The van der Waals surface area contributed by atoms with Crippen molar-refractivity contribution in [2.45, 2.75) is 96.1 Å². The molecule has 234 valence electrons. The number of rotatable bonds is 13. The second kappa shape index (κ2) is 14.9. The van der Waals surface area contributed by atoms with Gasteiger partial charge >= 0.3 is 0 Å². The molecule has 1 spiro atoms. The zero-order valence-corrected chi connectivity index (χ0v) is 25.4. The fourth-order valence-electron chi connectivity index (χ4n) is 5.77. The number of quaternary nitrogens is 1. The number of ether oxygens (including phenoxy) is 4. The maximum Gasteiger partial charge on any atom is 0.222 e. The minimum atomic E-state index is -0.796. The van der Waals surface area contributed by atoms with Crippen molar-refractivity contribution in [2.75, 3.05) is 32.2 Å². The molecule has 3 aliphatic heterocycles. The van der Waals surface area contributed by atoms with Gasteiger partial charge in [-0.15, -0.1) is 0 Å². The number of nitrogen functional groups attached to an aromatic ring is 1. The minimum absolute atomic E-state index is 0.0172. The van der Waals surface area contributed by atoms with Gasteiger partial charge in [0.25, 0.3) is 0 Å². The third kappa shape index (κ3) is 9.34. The van der Waals surface area contributed by atoms with Crippen LogP contribution in [-0.4, -0.2) is 73.6 Å². The quantitative estimate of drug-likeness (QED) is 0.0905. The van der Waals surface area contributed by atoms with E-state index in [2.05, 4.69) is 32.2 Å². The summed E-state index contributed by atoms with van der Waals surface area (Å²) in [7, 11) is 0. The summed E-state index contributed by atoms with van der Waals surface area (Å²) in [6, 6.07) is 7.29. The van der Waals surface area contributed by atoms with Crippen LogP contribution in [0.2, 0.25) is 0 Å². The van der Waals surface area contributed by atoms with Gasteiger partial charge in [0, 0.05) is 12.1 Å². The van der Waals surface area contributed by atoms with Gasteiger partial charge in [0.15, 0.2) is 6.73 Å². The van der Waals surface area contributed by atoms with Crippen LogP contribution in [0.5, 0.6) is 0 Å². The van der Waals surface area contributed by atoms with Crippen LogP contribution in [0.1, 0.15) is 58.9 Å². The number of nitrogens with two attached hydrogens (primary N) is 1. The van der Waals surface area contributed by atoms with Crippen LogP contribution in [0.15, 0.2) is 48.1 Å². The molecule has 4 rings (SSSR count).